The van der Waals surface area contributed by atoms with Crippen LogP contribution in [0, 0.1) is 5.92 Å². The third-order valence-corrected chi connectivity index (χ3v) is 4.19. The lowest BCUT2D eigenvalue weighted by molar-refractivity contribution is 0.198. The molecule has 1 heterocycles. The van der Waals surface area contributed by atoms with E-state index in [-0.39, 0.29) is 0 Å². The molecule has 1 aliphatic heterocycles. The third-order valence-electron chi connectivity index (χ3n) is 4.19. The molecule has 0 atom stereocenters. The minimum Gasteiger partial charge on any atom is -0.328 e. The summed E-state index contributed by atoms with van der Waals surface area (Å²) in [6.07, 6.45) is 11.0. The zero-order valence-electron chi connectivity index (χ0n) is 9.96. The Kier molecular flexibility index (Phi) is 4.45. The molecular weight excluding hydrogens is 184 g/mol. The maximum absolute atomic E-state index is 5.93. The standard InChI is InChI=1S/C13H26N2/c14-13-6-4-12(5-7-13)8-11-15-9-2-1-3-10-15/h12-13H,1-11,14H2. The molecule has 2 rings (SSSR count). The molecule has 1 saturated heterocycles. The van der Waals surface area contributed by atoms with Gasteiger partial charge in [0, 0.05) is 6.04 Å². The lowest BCUT2D eigenvalue weighted by atomic mass is 9.84. The quantitative estimate of drug-likeness (QED) is 0.775. The molecule has 2 aliphatic rings. The number of rotatable bonds is 3. The van der Waals surface area contributed by atoms with E-state index in [1.165, 1.54) is 71.0 Å². The van der Waals surface area contributed by atoms with Crippen molar-refractivity contribution in [1.82, 2.24) is 4.90 Å². The highest BCUT2D eigenvalue weighted by Crippen LogP contribution is 2.26. The van der Waals surface area contributed by atoms with Crippen LogP contribution >= 0.6 is 0 Å². The van der Waals surface area contributed by atoms with E-state index in [0.29, 0.717) is 6.04 Å². The van der Waals surface area contributed by atoms with E-state index >= 15 is 0 Å². The van der Waals surface area contributed by atoms with Gasteiger partial charge in [0.05, 0.1) is 0 Å². The van der Waals surface area contributed by atoms with Crippen molar-refractivity contribution in [3.05, 3.63) is 0 Å². The lowest BCUT2D eigenvalue weighted by Gasteiger charge is -2.30. The molecule has 0 unspecified atom stereocenters. The van der Waals surface area contributed by atoms with Gasteiger partial charge in [0.1, 0.15) is 0 Å². The summed E-state index contributed by atoms with van der Waals surface area (Å²) in [4.78, 5) is 2.66. The normalized spacial score (nSPS) is 34.2. The van der Waals surface area contributed by atoms with Crippen molar-refractivity contribution in [3.8, 4) is 0 Å². The Hall–Kier alpha value is -0.0800. The topological polar surface area (TPSA) is 29.3 Å². The van der Waals surface area contributed by atoms with E-state index in [1.54, 1.807) is 0 Å². The van der Waals surface area contributed by atoms with Gasteiger partial charge in [-0.3, -0.25) is 0 Å². The number of hydrogen-bond acceptors (Lipinski definition) is 2. The Morgan fingerprint density at radius 1 is 0.933 bits per heavy atom. The fraction of sp³-hybridized carbons (Fsp3) is 1.00. The first-order valence-corrected chi connectivity index (χ1v) is 6.82. The fourth-order valence-electron chi connectivity index (χ4n) is 3.03. The predicted molar refractivity (Wildman–Crippen MR) is 64.8 cm³/mol. The summed E-state index contributed by atoms with van der Waals surface area (Å²) in [6, 6.07) is 0.510. The van der Waals surface area contributed by atoms with Gasteiger partial charge in [-0.05, 0) is 70.5 Å². The van der Waals surface area contributed by atoms with Crippen molar-refractivity contribution in [1.29, 1.82) is 0 Å². The SMILES string of the molecule is NC1CCC(CCN2CCCCC2)CC1. The van der Waals surface area contributed by atoms with Crippen LogP contribution in [-0.4, -0.2) is 30.6 Å². The number of nitrogens with zero attached hydrogens (tertiary/aromatic N) is 1. The molecule has 2 N–H and O–H groups in total. The third kappa shape index (κ3) is 3.76. The number of piperidine rings is 1. The fourth-order valence-corrected chi connectivity index (χ4v) is 3.03. The molecule has 0 amide bonds. The molecule has 1 aliphatic carbocycles. The molecule has 15 heavy (non-hydrogen) atoms. The molecular formula is C13H26N2. The monoisotopic (exact) mass is 210 g/mol. The Morgan fingerprint density at radius 2 is 1.60 bits per heavy atom. The molecule has 2 nitrogen and oxygen atoms in total. The molecule has 0 aromatic heterocycles. The molecule has 0 aromatic carbocycles. The second-order valence-corrected chi connectivity index (χ2v) is 5.47. The molecule has 2 fully saturated rings. The van der Waals surface area contributed by atoms with Crippen LogP contribution in [0.2, 0.25) is 0 Å². The van der Waals surface area contributed by atoms with E-state index in [1.807, 2.05) is 0 Å². The minimum atomic E-state index is 0.510. The molecule has 2 heteroatoms. The summed E-state index contributed by atoms with van der Waals surface area (Å²) in [5.41, 5.74) is 5.93. The maximum atomic E-state index is 5.93. The van der Waals surface area contributed by atoms with Gasteiger partial charge in [-0.1, -0.05) is 6.42 Å². The molecule has 0 bridgehead atoms. The van der Waals surface area contributed by atoms with Gasteiger partial charge in [0.25, 0.3) is 0 Å². The number of hydrogen-bond donors (Lipinski definition) is 1. The average Bonchev–Trinajstić information content (AvgIpc) is 2.30. The van der Waals surface area contributed by atoms with Gasteiger partial charge in [-0.25, -0.2) is 0 Å². The average molecular weight is 210 g/mol. The number of likely N-dealkylation sites (tertiary alicyclic amines) is 1. The van der Waals surface area contributed by atoms with E-state index in [2.05, 4.69) is 4.90 Å². The van der Waals surface area contributed by atoms with Gasteiger partial charge in [-0.2, -0.15) is 0 Å². The summed E-state index contributed by atoms with van der Waals surface area (Å²) in [6.45, 7) is 4.05. The highest BCUT2D eigenvalue weighted by atomic mass is 15.1. The first kappa shape index (κ1) is 11.4. The summed E-state index contributed by atoms with van der Waals surface area (Å²) < 4.78 is 0. The van der Waals surface area contributed by atoms with Crippen LogP contribution in [0.25, 0.3) is 0 Å². The molecule has 1 saturated carbocycles. The Balaban J connectivity index is 1.60. The molecule has 0 spiro atoms. The number of nitrogens with two attached hydrogens (primary N) is 1. The summed E-state index contributed by atoms with van der Waals surface area (Å²) in [7, 11) is 0. The maximum Gasteiger partial charge on any atom is 0.00390 e. The summed E-state index contributed by atoms with van der Waals surface area (Å²) >= 11 is 0. The smallest absolute Gasteiger partial charge is 0.00390 e. The first-order valence-electron chi connectivity index (χ1n) is 6.82. The van der Waals surface area contributed by atoms with Gasteiger partial charge < -0.3 is 10.6 Å². The molecule has 0 radical (unpaired) electrons. The van der Waals surface area contributed by atoms with Gasteiger partial charge >= 0.3 is 0 Å². The van der Waals surface area contributed by atoms with Gasteiger partial charge in [0.2, 0.25) is 0 Å². The van der Waals surface area contributed by atoms with Crippen molar-refractivity contribution < 1.29 is 0 Å². The summed E-state index contributed by atoms with van der Waals surface area (Å²) in [5, 5.41) is 0. The second kappa shape index (κ2) is 5.86. The lowest BCUT2D eigenvalue weighted by Crippen LogP contribution is -2.33. The van der Waals surface area contributed by atoms with Gasteiger partial charge in [-0.15, -0.1) is 0 Å². The van der Waals surface area contributed by atoms with Crippen LogP contribution in [0.5, 0.6) is 0 Å². The largest absolute Gasteiger partial charge is 0.328 e. The van der Waals surface area contributed by atoms with Crippen molar-refractivity contribution in [2.24, 2.45) is 11.7 Å². The van der Waals surface area contributed by atoms with Crippen LogP contribution in [0.1, 0.15) is 51.4 Å². The van der Waals surface area contributed by atoms with Crippen LogP contribution in [0.15, 0.2) is 0 Å². The Labute approximate surface area is 94.2 Å². The van der Waals surface area contributed by atoms with Crippen molar-refractivity contribution in [3.63, 3.8) is 0 Å². The minimum absolute atomic E-state index is 0.510. The predicted octanol–water partition coefficient (Wildman–Crippen LogP) is 2.38. The van der Waals surface area contributed by atoms with E-state index in [9.17, 15) is 0 Å². The first-order chi connectivity index (χ1) is 7.34. The van der Waals surface area contributed by atoms with E-state index < -0.39 is 0 Å². The van der Waals surface area contributed by atoms with Crippen LogP contribution in [-0.2, 0) is 0 Å². The molecule has 0 aromatic rings. The van der Waals surface area contributed by atoms with Crippen LogP contribution in [0.4, 0.5) is 0 Å². The zero-order valence-corrected chi connectivity index (χ0v) is 9.96. The highest BCUT2D eigenvalue weighted by Gasteiger charge is 2.19. The van der Waals surface area contributed by atoms with Crippen molar-refractivity contribution >= 4 is 0 Å². The van der Waals surface area contributed by atoms with Gasteiger partial charge in [0.15, 0.2) is 0 Å². The zero-order chi connectivity index (χ0) is 10.5. The van der Waals surface area contributed by atoms with Crippen molar-refractivity contribution in [2.45, 2.75) is 57.4 Å². The van der Waals surface area contributed by atoms with Crippen LogP contribution < -0.4 is 5.73 Å². The van der Waals surface area contributed by atoms with E-state index in [4.69, 9.17) is 5.73 Å². The second-order valence-electron chi connectivity index (χ2n) is 5.47. The summed E-state index contributed by atoms with van der Waals surface area (Å²) in [5.74, 6) is 0.978. The Bertz CT molecular complexity index is 167. The Morgan fingerprint density at radius 3 is 2.27 bits per heavy atom. The van der Waals surface area contributed by atoms with E-state index in [0.717, 1.165) is 5.92 Å². The van der Waals surface area contributed by atoms with Crippen molar-refractivity contribution in [2.75, 3.05) is 19.6 Å². The highest BCUT2D eigenvalue weighted by molar-refractivity contribution is 4.75. The molecule has 88 valence electrons. The van der Waals surface area contributed by atoms with Crippen LogP contribution in [0.3, 0.4) is 0 Å².